The fourth-order valence-electron chi connectivity index (χ4n) is 2.81. The number of thiophene rings is 1. The van der Waals surface area contributed by atoms with Crippen molar-refractivity contribution in [2.45, 2.75) is 32.6 Å². The first-order chi connectivity index (χ1) is 14.6. The average molecular weight is 552 g/mol. The van der Waals surface area contributed by atoms with Crippen molar-refractivity contribution >= 4 is 41.3 Å². The van der Waals surface area contributed by atoms with Crippen LogP contribution in [0.5, 0.6) is 5.75 Å². The number of aliphatic hydroxyl groups is 1. The molecule has 0 aliphatic heterocycles. The van der Waals surface area contributed by atoms with E-state index in [1.807, 2.05) is 66.9 Å². The first kappa shape index (κ1) is 25.1. The van der Waals surface area contributed by atoms with E-state index in [1.54, 1.807) is 24.5 Å². The molecule has 0 bridgehead atoms. The van der Waals surface area contributed by atoms with Crippen LogP contribution in [0.2, 0.25) is 0 Å². The Morgan fingerprint density at radius 2 is 2.03 bits per heavy atom. The third-order valence-corrected chi connectivity index (χ3v) is 5.55. The van der Waals surface area contributed by atoms with Gasteiger partial charge in [0, 0.05) is 17.6 Å². The van der Waals surface area contributed by atoms with E-state index >= 15 is 0 Å². The van der Waals surface area contributed by atoms with Crippen LogP contribution < -0.4 is 15.4 Å². The second kappa shape index (κ2) is 12.6. The van der Waals surface area contributed by atoms with Crippen molar-refractivity contribution in [2.75, 3.05) is 13.1 Å². The van der Waals surface area contributed by atoms with Gasteiger partial charge in [-0.1, -0.05) is 24.3 Å². The predicted molar refractivity (Wildman–Crippen MR) is 137 cm³/mol. The standard InChI is InChI=1S/C23H28N4O2S.HI/c1-3-24-22(27-17-23(2,28)21-11-7-13-30-21)26-15-18-8-6-10-20(14-18)29-16-19-9-4-5-12-25-19;/h4-14,28H,3,15-17H2,1-2H3,(H2,24,26,27);1H. The minimum atomic E-state index is -0.955. The van der Waals surface area contributed by atoms with E-state index in [2.05, 4.69) is 20.6 Å². The number of nitrogens with zero attached hydrogens (tertiary/aromatic N) is 2. The number of benzene rings is 1. The SMILES string of the molecule is CCNC(=NCc1cccc(OCc2ccccn2)c1)NCC(C)(O)c1cccs1.I. The second-order valence-electron chi connectivity index (χ2n) is 7.06. The maximum absolute atomic E-state index is 10.7. The summed E-state index contributed by atoms with van der Waals surface area (Å²) in [7, 11) is 0. The number of hydrogen-bond donors (Lipinski definition) is 3. The number of pyridine rings is 1. The molecule has 0 amide bonds. The Kier molecular flexibility index (Phi) is 10.2. The molecule has 0 aliphatic rings. The lowest BCUT2D eigenvalue weighted by molar-refractivity contribution is 0.0655. The molecule has 0 saturated heterocycles. The Labute approximate surface area is 204 Å². The van der Waals surface area contributed by atoms with Crippen molar-refractivity contribution < 1.29 is 9.84 Å². The highest BCUT2D eigenvalue weighted by Crippen LogP contribution is 2.24. The summed E-state index contributed by atoms with van der Waals surface area (Å²) in [5.74, 6) is 1.45. The number of ether oxygens (including phenoxy) is 1. The maximum atomic E-state index is 10.7. The van der Waals surface area contributed by atoms with Gasteiger partial charge in [0.15, 0.2) is 5.96 Å². The lowest BCUT2D eigenvalue weighted by atomic mass is 10.1. The Hall–Kier alpha value is -2.17. The average Bonchev–Trinajstić information content (AvgIpc) is 3.31. The quantitative estimate of drug-likeness (QED) is 0.210. The van der Waals surface area contributed by atoms with Gasteiger partial charge in [0.25, 0.3) is 0 Å². The molecular weight excluding hydrogens is 523 g/mol. The molecule has 6 nitrogen and oxygen atoms in total. The normalized spacial score (nSPS) is 13.1. The van der Waals surface area contributed by atoms with Gasteiger partial charge >= 0.3 is 0 Å². The maximum Gasteiger partial charge on any atom is 0.191 e. The first-order valence-corrected chi connectivity index (χ1v) is 10.8. The molecule has 3 N–H and O–H groups in total. The number of rotatable bonds is 9. The summed E-state index contributed by atoms with van der Waals surface area (Å²) in [6.07, 6.45) is 1.76. The fraction of sp³-hybridized carbons (Fsp3) is 0.304. The summed E-state index contributed by atoms with van der Waals surface area (Å²) in [5.41, 5.74) is 0.969. The minimum absolute atomic E-state index is 0. The van der Waals surface area contributed by atoms with Crippen LogP contribution in [0.15, 0.2) is 71.2 Å². The number of hydrogen-bond acceptors (Lipinski definition) is 5. The summed E-state index contributed by atoms with van der Waals surface area (Å²) >= 11 is 1.54. The number of aromatic nitrogens is 1. The van der Waals surface area contributed by atoms with E-state index in [0.29, 0.717) is 25.7 Å². The smallest absolute Gasteiger partial charge is 0.191 e. The molecular formula is C23H29IN4O2S. The van der Waals surface area contributed by atoms with E-state index in [4.69, 9.17) is 4.74 Å². The molecule has 3 aromatic rings. The summed E-state index contributed by atoms with van der Waals surface area (Å²) in [5, 5.41) is 19.1. The summed E-state index contributed by atoms with van der Waals surface area (Å²) in [4.78, 5) is 9.84. The molecule has 1 unspecified atom stereocenters. The fourth-order valence-corrected chi connectivity index (χ4v) is 3.60. The molecule has 0 aliphatic carbocycles. The summed E-state index contributed by atoms with van der Waals surface area (Å²) < 4.78 is 5.85. The third kappa shape index (κ3) is 8.12. The lowest BCUT2D eigenvalue weighted by Gasteiger charge is -2.23. The largest absolute Gasteiger partial charge is 0.487 e. The molecule has 1 aromatic carbocycles. The van der Waals surface area contributed by atoms with Gasteiger partial charge in [0.05, 0.1) is 18.8 Å². The van der Waals surface area contributed by atoms with Crippen molar-refractivity contribution in [3.63, 3.8) is 0 Å². The Morgan fingerprint density at radius 3 is 2.74 bits per heavy atom. The number of guanidine groups is 1. The first-order valence-electron chi connectivity index (χ1n) is 9.97. The van der Waals surface area contributed by atoms with Crippen molar-refractivity contribution in [2.24, 2.45) is 4.99 Å². The zero-order valence-corrected chi connectivity index (χ0v) is 20.9. The second-order valence-corrected chi connectivity index (χ2v) is 8.00. The van der Waals surface area contributed by atoms with Crippen LogP contribution in [0, 0.1) is 0 Å². The molecule has 0 fully saturated rings. The van der Waals surface area contributed by atoms with Crippen LogP contribution in [0.1, 0.15) is 30.0 Å². The van der Waals surface area contributed by atoms with Gasteiger partial charge in [-0.05, 0) is 55.1 Å². The molecule has 2 heterocycles. The lowest BCUT2D eigenvalue weighted by Crippen LogP contribution is -2.44. The minimum Gasteiger partial charge on any atom is -0.487 e. The van der Waals surface area contributed by atoms with Crippen molar-refractivity contribution in [1.82, 2.24) is 15.6 Å². The van der Waals surface area contributed by atoms with Crippen molar-refractivity contribution in [3.05, 3.63) is 82.3 Å². The highest BCUT2D eigenvalue weighted by Gasteiger charge is 2.24. The van der Waals surface area contributed by atoms with Gasteiger partial charge in [0.1, 0.15) is 18.0 Å². The van der Waals surface area contributed by atoms with Crippen LogP contribution in [0.3, 0.4) is 0 Å². The highest BCUT2D eigenvalue weighted by molar-refractivity contribution is 14.0. The van der Waals surface area contributed by atoms with Gasteiger partial charge in [-0.15, -0.1) is 35.3 Å². The molecule has 3 rings (SSSR count). The topological polar surface area (TPSA) is 78.8 Å². The predicted octanol–water partition coefficient (Wildman–Crippen LogP) is 4.30. The van der Waals surface area contributed by atoms with Gasteiger partial charge in [-0.2, -0.15) is 0 Å². The molecule has 0 radical (unpaired) electrons. The molecule has 166 valence electrons. The zero-order chi connectivity index (χ0) is 21.2. The van der Waals surface area contributed by atoms with Crippen molar-refractivity contribution in [1.29, 1.82) is 0 Å². The molecule has 8 heteroatoms. The van der Waals surface area contributed by atoms with E-state index < -0.39 is 5.60 Å². The molecule has 2 aromatic heterocycles. The summed E-state index contributed by atoms with van der Waals surface area (Å²) in [6, 6.07) is 17.5. The number of halogens is 1. The highest BCUT2D eigenvalue weighted by atomic mass is 127. The monoisotopic (exact) mass is 552 g/mol. The van der Waals surface area contributed by atoms with E-state index in [9.17, 15) is 5.11 Å². The molecule has 31 heavy (non-hydrogen) atoms. The van der Waals surface area contributed by atoms with E-state index in [-0.39, 0.29) is 24.0 Å². The van der Waals surface area contributed by atoms with E-state index in [1.165, 1.54) is 0 Å². The van der Waals surface area contributed by atoms with Crippen LogP contribution in [-0.4, -0.2) is 29.1 Å². The zero-order valence-electron chi connectivity index (χ0n) is 17.7. The Morgan fingerprint density at radius 1 is 1.16 bits per heavy atom. The van der Waals surface area contributed by atoms with E-state index in [0.717, 1.165) is 28.4 Å². The van der Waals surface area contributed by atoms with Crippen LogP contribution in [0.25, 0.3) is 0 Å². The van der Waals surface area contributed by atoms with Gasteiger partial charge in [0.2, 0.25) is 0 Å². The van der Waals surface area contributed by atoms with Gasteiger partial charge < -0.3 is 20.5 Å². The molecule has 0 saturated carbocycles. The van der Waals surface area contributed by atoms with Gasteiger partial charge in [-0.25, -0.2) is 4.99 Å². The Balaban J connectivity index is 0.00000341. The molecule has 0 spiro atoms. The summed E-state index contributed by atoms with van der Waals surface area (Å²) in [6.45, 7) is 5.85. The van der Waals surface area contributed by atoms with Crippen LogP contribution in [0.4, 0.5) is 0 Å². The Bertz CT molecular complexity index is 934. The van der Waals surface area contributed by atoms with Crippen LogP contribution in [-0.2, 0) is 18.8 Å². The number of aliphatic imine (C=N–C) groups is 1. The number of nitrogens with one attached hydrogen (secondary N) is 2. The van der Waals surface area contributed by atoms with Crippen LogP contribution >= 0.6 is 35.3 Å². The van der Waals surface area contributed by atoms with Crippen molar-refractivity contribution in [3.8, 4) is 5.75 Å². The third-order valence-electron chi connectivity index (χ3n) is 4.43. The van der Waals surface area contributed by atoms with Gasteiger partial charge in [-0.3, -0.25) is 4.98 Å². The molecule has 1 atom stereocenters.